The molecule has 0 atom stereocenters. The van der Waals surface area contributed by atoms with Crippen molar-refractivity contribution >= 4 is 40.9 Å². The maximum Gasteiger partial charge on any atom is 0.259 e. The first-order chi connectivity index (χ1) is 18.9. The number of nitrogens with zero attached hydrogens (tertiary/aromatic N) is 4. The van der Waals surface area contributed by atoms with Gasteiger partial charge in [-0.1, -0.05) is 19.3 Å². The number of allylic oxidation sites excluding steroid dienone is 1. The predicted molar refractivity (Wildman–Crippen MR) is 153 cm³/mol. The van der Waals surface area contributed by atoms with Gasteiger partial charge in [0.15, 0.2) is 0 Å². The number of benzene rings is 1. The number of aliphatic imine (C=N–C) groups is 1. The SMILES string of the molecule is CN=C/C(=C\N)c1cnc(/C(=C\N)C(=O)Nc2cc(NC)ccc2F)cn1.O=CC1CN(C2CCCCC2)C1. The topological polar surface area (TPSA) is 152 Å². The highest BCUT2D eigenvalue weighted by Crippen LogP contribution is 2.27. The highest BCUT2D eigenvalue weighted by Gasteiger charge is 2.32. The molecule has 11 heteroatoms. The van der Waals surface area contributed by atoms with E-state index in [-0.39, 0.29) is 17.0 Å². The highest BCUT2D eigenvalue weighted by atomic mass is 19.1. The Kier molecular flexibility index (Phi) is 11.1. The summed E-state index contributed by atoms with van der Waals surface area (Å²) in [5.41, 5.74) is 13.1. The van der Waals surface area contributed by atoms with Gasteiger partial charge >= 0.3 is 0 Å². The number of nitrogens with one attached hydrogen (secondary N) is 2. The van der Waals surface area contributed by atoms with Crippen LogP contribution in [0, 0.1) is 11.7 Å². The summed E-state index contributed by atoms with van der Waals surface area (Å²) < 4.78 is 13.9. The van der Waals surface area contributed by atoms with Crippen molar-refractivity contribution in [1.82, 2.24) is 14.9 Å². The first-order valence-corrected chi connectivity index (χ1v) is 13.0. The minimum atomic E-state index is -0.614. The summed E-state index contributed by atoms with van der Waals surface area (Å²) >= 11 is 0. The zero-order valence-electron chi connectivity index (χ0n) is 22.4. The average Bonchev–Trinajstić information content (AvgIpc) is 2.94. The van der Waals surface area contributed by atoms with E-state index < -0.39 is 11.7 Å². The summed E-state index contributed by atoms with van der Waals surface area (Å²) in [5.74, 6) is -0.833. The molecule has 2 aliphatic rings. The molecule has 6 N–H and O–H groups in total. The Morgan fingerprint density at radius 1 is 1.10 bits per heavy atom. The van der Waals surface area contributed by atoms with Gasteiger partial charge in [-0.15, -0.1) is 0 Å². The van der Waals surface area contributed by atoms with Crippen molar-refractivity contribution in [3.05, 3.63) is 60.2 Å². The number of halogens is 1. The summed E-state index contributed by atoms with van der Waals surface area (Å²) in [6.07, 6.45) is 14.8. The second-order valence-corrected chi connectivity index (χ2v) is 9.42. The van der Waals surface area contributed by atoms with Gasteiger partial charge in [-0.05, 0) is 31.0 Å². The molecule has 10 nitrogen and oxygen atoms in total. The molecule has 39 heavy (non-hydrogen) atoms. The minimum absolute atomic E-state index is 0.0169. The van der Waals surface area contributed by atoms with Crippen LogP contribution < -0.4 is 22.1 Å². The number of aromatic nitrogens is 2. The molecule has 4 rings (SSSR count). The molecule has 1 saturated heterocycles. The number of aldehydes is 1. The molecule has 208 valence electrons. The molecule has 2 aromatic rings. The Morgan fingerprint density at radius 3 is 2.36 bits per heavy atom. The van der Waals surface area contributed by atoms with Crippen LogP contribution in [0.4, 0.5) is 15.8 Å². The van der Waals surface area contributed by atoms with Crippen molar-refractivity contribution in [3.8, 4) is 0 Å². The van der Waals surface area contributed by atoms with Crippen molar-refractivity contribution in [3.63, 3.8) is 0 Å². The Bertz CT molecular complexity index is 1200. The molecule has 1 aromatic carbocycles. The van der Waals surface area contributed by atoms with E-state index in [0.29, 0.717) is 22.9 Å². The van der Waals surface area contributed by atoms with Gasteiger partial charge in [0.05, 0.1) is 35.0 Å². The van der Waals surface area contributed by atoms with Crippen LogP contribution in [-0.4, -0.2) is 66.5 Å². The van der Waals surface area contributed by atoms with Gasteiger partial charge < -0.3 is 26.9 Å². The normalized spacial score (nSPS) is 17.2. The molecule has 1 saturated carbocycles. The first kappa shape index (κ1) is 29.4. The number of amides is 1. The van der Waals surface area contributed by atoms with Gasteiger partial charge in [-0.25, -0.2) is 4.39 Å². The predicted octanol–water partition coefficient (Wildman–Crippen LogP) is 3.05. The van der Waals surface area contributed by atoms with Gasteiger partial charge in [-0.2, -0.15) is 0 Å². The van der Waals surface area contributed by atoms with E-state index >= 15 is 0 Å². The molecule has 0 unspecified atom stereocenters. The lowest BCUT2D eigenvalue weighted by molar-refractivity contribution is -0.117. The fraction of sp³-hybridized carbons (Fsp3) is 0.393. The van der Waals surface area contributed by atoms with Crippen LogP contribution in [0.1, 0.15) is 43.5 Å². The minimum Gasteiger partial charge on any atom is -0.404 e. The standard InChI is InChI=1S/C18H20FN7O.C10H17NO/c1-22-8-11(6-20)16-9-25-17(10-24-16)13(7-21)18(27)26-15-5-12(23-2)3-4-14(15)19;12-8-9-6-11(7-9)10-4-2-1-3-5-10/h3-10,23H,20-21H2,1-2H3,(H,26,27);8-10H,1-7H2/b11-6+,13-7+,22-8?;. The molecular formula is C28H37FN8O2. The number of rotatable bonds is 8. The van der Waals surface area contributed by atoms with Crippen LogP contribution in [0.25, 0.3) is 11.1 Å². The van der Waals surface area contributed by atoms with Gasteiger partial charge in [-0.3, -0.25) is 24.7 Å². The van der Waals surface area contributed by atoms with E-state index in [1.807, 2.05) is 0 Å². The van der Waals surface area contributed by atoms with Gasteiger partial charge in [0, 0.05) is 69.0 Å². The van der Waals surface area contributed by atoms with E-state index in [1.165, 1.54) is 69.0 Å². The number of hydrogen-bond acceptors (Lipinski definition) is 9. The molecule has 1 amide bonds. The van der Waals surface area contributed by atoms with E-state index in [1.54, 1.807) is 20.2 Å². The van der Waals surface area contributed by atoms with Crippen LogP contribution in [0.15, 0.2) is 48.0 Å². The fourth-order valence-corrected chi connectivity index (χ4v) is 4.57. The molecule has 2 fully saturated rings. The second-order valence-electron chi connectivity index (χ2n) is 9.42. The number of nitrogens with two attached hydrogens (primary N) is 2. The van der Waals surface area contributed by atoms with E-state index in [2.05, 4.69) is 30.5 Å². The summed E-state index contributed by atoms with van der Waals surface area (Å²) in [6, 6.07) is 5.09. The highest BCUT2D eigenvalue weighted by molar-refractivity contribution is 6.24. The number of likely N-dealkylation sites (tertiary alicyclic amines) is 1. The van der Waals surface area contributed by atoms with Crippen LogP contribution in [-0.2, 0) is 9.59 Å². The third kappa shape index (κ3) is 7.93. The Balaban J connectivity index is 0.000000289. The fourth-order valence-electron chi connectivity index (χ4n) is 4.57. The van der Waals surface area contributed by atoms with Crippen molar-refractivity contribution in [2.45, 2.75) is 38.1 Å². The maximum absolute atomic E-state index is 13.9. The quantitative estimate of drug-likeness (QED) is 0.228. The van der Waals surface area contributed by atoms with Crippen molar-refractivity contribution < 1.29 is 14.0 Å². The van der Waals surface area contributed by atoms with Crippen molar-refractivity contribution in [2.75, 3.05) is 37.8 Å². The second kappa shape index (κ2) is 14.7. The number of hydrogen-bond donors (Lipinski definition) is 4. The third-order valence-electron chi connectivity index (χ3n) is 6.81. The molecule has 2 heterocycles. The number of anilines is 2. The molecular weight excluding hydrogens is 499 g/mol. The Labute approximate surface area is 228 Å². The lowest BCUT2D eigenvalue weighted by atomic mass is 9.89. The summed E-state index contributed by atoms with van der Waals surface area (Å²) in [4.78, 5) is 37.7. The van der Waals surface area contributed by atoms with E-state index in [9.17, 15) is 14.0 Å². The number of carbonyl (C=O) groups excluding carboxylic acids is 2. The molecule has 0 bridgehead atoms. The summed E-state index contributed by atoms with van der Waals surface area (Å²) in [5, 5.41) is 5.35. The van der Waals surface area contributed by atoms with Crippen LogP contribution in [0.3, 0.4) is 0 Å². The van der Waals surface area contributed by atoms with Crippen LogP contribution >= 0.6 is 0 Å². The monoisotopic (exact) mass is 536 g/mol. The van der Waals surface area contributed by atoms with E-state index in [0.717, 1.165) is 31.6 Å². The average molecular weight is 537 g/mol. The number of carbonyl (C=O) groups is 2. The Morgan fingerprint density at radius 2 is 1.79 bits per heavy atom. The zero-order chi connectivity index (χ0) is 28.2. The maximum atomic E-state index is 13.9. The lowest BCUT2D eigenvalue weighted by Gasteiger charge is -2.43. The summed E-state index contributed by atoms with van der Waals surface area (Å²) in [6.45, 7) is 2.07. The molecule has 1 aromatic heterocycles. The van der Waals surface area contributed by atoms with E-state index in [4.69, 9.17) is 11.5 Å². The molecule has 0 radical (unpaired) electrons. The Hall–Kier alpha value is -4.12. The smallest absolute Gasteiger partial charge is 0.259 e. The van der Waals surface area contributed by atoms with Gasteiger partial charge in [0.2, 0.25) is 0 Å². The van der Waals surface area contributed by atoms with Gasteiger partial charge in [0.1, 0.15) is 12.1 Å². The summed E-state index contributed by atoms with van der Waals surface area (Å²) in [7, 11) is 3.29. The first-order valence-electron chi connectivity index (χ1n) is 13.0. The van der Waals surface area contributed by atoms with Crippen molar-refractivity contribution in [2.24, 2.45) is 22.4 Å². The van der Waals surface area contributed by atoms with Crippen LogP contribution in [0.2, 0.25) is 0 Å². The largest absolute Gasteiger partial charge is 0.404 e. The van der Waals surface area contributed by atoms with Crippen LogP contribution in [0.5, 0.6) is 0 Å². The molecule has 1 aliphatic carbocycles. The van der Waals surface area contributed by atoms with Crippen molar-refractivity contribution in [1.29, 1.82) is 0 Å². The zero-order valence-corrected chi connectivity index (χ0v) is 22.4. The van der Waals surface area contributed by atoms with Gasteiger partial charge in [0.25, 0.3) is 5.91 Å². The molecule has 1 aliphatic heterocycles. The molecule has 0 spiro atoms. The third-order valence-corrected chi connectivity index (χ3v) is 6.81. The lowest BCUT2D eigenvalue weighted by Crippen LogP contribution is -2.53.